The van der Waals surface area contributed by atoms with Gasteiger partial charge in [-0.3, -0.25) is 9.98 Å². The number of hydrogen-bond acceptors (Lipinski definition) is 2. The second-order valence-electron chi connectivity index (χ2n) is 7.34. The van der Waals surface area contributed by atoms with Crippen molar-refractivity contribution in [1.82, 2.24) is 5.32 Å². The Balaban J connectivity index is 1.64. The Bertz CT molecular complexity index is 1200. The molecule has 0 bridgehead atoms. The Morgan fingerprint density at radius 2 is 1.28 bits per heavy atom. The second kappa shape index (κ2) is 10.6. The van der Waals surface area contributed by atoms with Crippen LogP contribution in [0.4, 0.5) is 0 Å². The fourth-order valence-electron chi connectivity index (χ4n) is 3.51. The highest BCUT2D eigenvalue weighted by molar-refractivity contribution is 6.22. The number of rotatable bonds is 7. The normalized spacial score (nSPS) is 12.2. The minimum Gasteiger partial charge on any atom is -0.336 e. The van der Waals surface area contributed by atoms with Crippen molar-refractivity contribution in [3.63, 3.8) is 0 Å². The molecule has 4 aromatic rings. The zero-order chi connectivity index (χ0) is 22.2. The molecule has 0 aliphatic rings. The molecule has 1 N–H and O–H groups in total. The van der Waals surface area contributed by atoms with E-state index in [0.29, 0.717) is 12.4 Å². The van der Waals surface area contributed by atoms with E-state index in [1.165, 1.54) is 11.1 Å². The molecule has 0 saturated heterocycles. The van der Waals surface area contributed by atoms with E-state index in [9.17, 15) is 0 Å². The van der Waals surface area contributed by atoms with Crippen molar-refractivity contribution in [2.24, 2.45) is 9.98 Å². The van der Waals surface area contributed by atoms with Crippen molar-refractivity contribution >= 4 is 24.2 Å². The minimum atomic E-state index is -0.662. The van der Waals surface area contributed by atoms with Gasteiger partial charge in [0.15, 0.2) is 5.62 Å². The second-order valence-corrected chi connectivity index (χ2v) is 7.75. The molecule has 1 unspecified atom stereocenters. The molecule has 158 valence electrons. The first kappa shape index (κ1) is 21.5. The first-order valence-electron chi connectivity index (χ1n) is 10.4. The molecule has 0 aliphatic carbocycles. The van der Waals surface area contributed by atoms with Gasteiger partial charge in [-0.25, -0.2) is 0 Å². The third-order valence-corrected chi connectivity index (χ3v) is 5.36. The van der Waals surface area contributed by atoms with E-state index in [1.54, 1.807) is 0 Å². The lowest BCUT2D eigenvalue weighted by atomic mass is 10.0. The monoisotopic (exact) mass is 437 g/mol. The van der Waals surface area contributed by atoms with Gasteiger partial charge in [0.2, 0.25) is 0 Å². The predicted octanol–water partition coefficient (Wildman–Crippen LogP) is 6.78. The number of alkyl halides is 1. The number of nitrogens with zero attached hydrogens (tertiary/aromatic N) is 2. The Morgan fingerprint density at radius 1 is 0.719 bits per heavy atom. The lowest BCUT2D eigenvalue weighted by Crippen LogP contribution is -2.30. The third kappa shape index (κ3) is 5.51. The predicted molar refractivity (Wildman–Crippen MR) is 136 cm³/mol. The molecule has 0 saturated carbocycles. The standard InChI is InChI=1S/C28H24ClN3/c1-30-28(29)32-27(26-17-9-16-25(19-26)23-13-6-3-7-14-23)31-20-21-10-8-15-24(18-21)22-11-4-2-5-12-22/h2-19,28H,1,20H2,(H,31,32). The molecule has 0 aliphatic heterocycles. The molecule has 32 heavy (non-hydrogen) atoms. The summed E-state index contributed by atoms with van der Waals surface area (Å²) >= 11 is 6.23. The van der Waals surface area contributed by atoms with Crippen LogP contribution in [0.2, 0.25) is 0 Å². The van der Waals surface area contributed by atoms with Crippen LogP contribution in [-0.4, -0.2) is 18.2 Å². The molecule has 0 aromatic heterocycles. The summed E-state index contributed by atoms with van der Waals surface area (Å²) in [6, 6.07) is 37.3. The van der Waals surface area contributed by atoms with E-state index >= 15 is 0 Å². The van der Waals surface area contributed by atoms with Crippen LogP contribution in [-0.2, 0) is 6.54 Å². The molecule has 4 rings (SSSR count). The van der Waals surface area contributed by atoms with Gasteiger partial charge >= 0.3 is 0 Å². The highest BCUT2D eigenvalue weighted by Gasteiger charge is 2.10. The van der Waals surface area contributed by atoms with Gasteiger partial charge in [-0.15, -0.1) is 0 Å². The Morgan fingerprint density at radius 3 is 1.91 bits per heavy atom. The maximum Gasteiger partial charge on any atom is 0.195 e. The molecule has 1 atom stereocenters. The first-order chi connectivity index (χ1) is 15.7. The van der Waals surface area contributed by atoms with Crippen molar-refractivity contribution in [3.05, 3.63) is 120 Å². The van der Waals surface area contributed by atoms with Gasteiger partial charge in [0.05, 0.1) is 6.54 Å². The van der Waals surface area contributed by atoms with Gasteiger partial charge in [0, 0.05) is 5.56 Å². The molecule has 0 spiro atoms. The fourth-order valence-corrected chi connectivity index (χ4v) is 3.61. The van der Waals surface area contributed by atoms with Gasteiger partial charge in [-0.2, -0.15) is 0 Å². The Labute approximate surface area is 194 Å². The summed E-state index contributed by atoms with van der Waals surface area (Å²) in [5.74, 6) is 0.681. The van der Waals surface area contributed by atoms with E-state index in [2.05, 4.69) is 77.7 Å². The number of nitrogens with one attached hydrogen (secondary N) is 1. The number of aliphatic imine (C=N–C) groups is 2. The van der Waals surface area contributed by atoms with Gasteiger partial charge < -0.3 is 5.32 Å². The van der Waals surface area contributed by atoms with E-state index in [-0.39, 0.29) is 0 Å². The van der Waals surface area contributed by atoms with Crippen molar-refractivity contribution in [2.45, 2.75) is 12.2 Å². The van der Waals surface area contributed by atoms with Crippen LogP contribution in [0.5, 0.6) is 0 Å². The molecular weight excluding hydrogens is 414 g/mol. The number of halogens is 1. The molecule has 4 heteroatoms. The van der Waals surface area contributed by atoms with Crippen LogP contribution in [0.15, 0.2) is 119 Å². The largest absolute Gasteiger partial charge is 0.336 e. The topological polar surface area (TPSA) is 36.8 Å². The average molecular weight is 438 g/mol. The lowest BCUT2D eigenvalue weighted by Gasteiger charge is -2.14. The molecule has 0 heterocycles. The molecule has 0 amide bonds. The zero-order valence-electron chi connectivity index (χ0n) is 17.7. The maximum atomic E-state index is 6.23. The van der Waals surface area contributed by atoms with E-state index in [1.807, 2.05) is 48.5 Å². The molecule has 0 radical (unpaired) electrons. The van der Waals surface area contributed by atoms with E-state index in [0.717, 1.165) is 22.3 Å². The van der Waals surface area contributed by atoms with E-state index in [4.69, 9.17) is 16.6 Å². The van der Waals surface area contributed by atoms with Crippen LogP contribution in [0, 0.1) is 0 Å². The molecule has 4 aromatic carbocycles. The Kier molecular flexibility index (Phi) is 7.11. The third-order valence-electron chi connectivity index (χ3n) is 5.11. The minimum absolute atomic E-state index is 0.513. The first-order valence-corrected chi connectivity index (χ1v) is 10.9. The highest BCUT2D eigenvalue weighted by Crippen LogP contribution is 2.22. The van der Waals surface area contributed by atoms with Crippen molar-refractivity contribution in [2.75, 3.05) is 0 Å². The number of amidine groups is 1. The van der Waals surface area contributed by atoms with Crippen LogP contribution in [0.3, 0.4) is 0 Å². The van der Waals surface area contributed by atoms with Crippen LogP contribution < -0.4 is 5.32 Å². The number of hydrogen-bond donors (Lipinski definition) is 1. The summed E-state index contributed by atoms with van der Waals surface area (Å²) in [6.45, 7) is 4.05. The molecule has 3 nitrogen and oxygen atoms in total. The van der Waals surface area contributed by atoms with Gasteiger partial charge in [0.1, 0.15) is 5.84 Å². The summed E-state index contributed by atoms with van der Waals surface area (Å²) < 4.78 is 0. The fraction of sp³-hybridized carbons (Fsp3) is 0.0714. The van der Waals surface area contributed by atoms with Crippen LogP contribution in [0.1, 0.15) is 11.1 Å². The van der Waals surface area contributed by atoms with Gasteiger partial charge in [-0.05, 0) is 46.7 Å². The van der Waals surface area contributed by atoms with Gasteiger partial charge in [0.25, 0.3) is 0 Å². The van der Waals surface area contributed by atoms with Crippen molar-refractivity contribution < 1.29 is 0 Å². The Hall–Kier alpha value is -3.69. The van der Waals surface area contributed by atoms with E-state index < -0.39 is 5.62 Å². The summed E-state index contributed by atoms with van der Waals surface area (Å²) in [5, 5.41) is 3.16. The molecular formula is C28H24ClN3. The van der Waals surface area contributed by atoms with Crippen molar-refractivity contribution in [1.29, 1.82) is 0 Å². The van der Waals surface area contributed by atoms with Crippen LogP contribution in [0.25, 0.3) is 22.3 Å². The summed E-state index contributed by atoms with van der Waals surface area (Å²) in [4.78, 5) is 8.72. The van der Waals surface area contributed by atoms with Crippen molar-refractivity contribution in [3.8, 4) is 22.3 Å². The smallest absolute Gasteiger partial charge is 0.195 e. The van der Waals surface area contributed by atoms with Gasteiger partial charge in [-0.1, -0.05) is 109 Å². The summed E-state index contributed by atoms with van der Waals surface area (Å²) in [6.07, 6.45) is 0. The van der Waals surface area contributed by atoms with Crippen LogP contribution >= 0.6 is 11.6 Å². The summed E-state index contributed by atoms with van der Waals surface area (Å²) in [5.41, 5.74) is 6.01. The lowest BCUT2D eigenvalue weighted by molar-refractivity contribution is 0.844. The quantitative estimate of drug-likeness (QED) is 0.147. The molecule has 0 fully saturated rings. The SMILES string of the molecule is C=NC(Cl)NC(=NCc1cccc(-c2ccccc2)c1)c1cccc(-c2ccccc2)c1. The summed E-state index contributed by atoms with van der Waals surface area (Å²) in [7, 11) is 0. The maximum absolute atomic E-state index is 6.23. The average Bonchev–Trinajstić information content (AvgIpc) is 2.87. The zero-order valence-corrected chi connectivity index (χ0v) is 18.4. The number of benzene rings is 4. The highest BCUT2D eigenvalue weighted by atomic mass is 35.5.